The van der Waals surface area contributed by atoms with Crippen LogP contribution < -0.4 is 5.32 Å². The predicted octanol–water partition coefficient (Wildman–Crippen LogP) is 0.143. The van der Waals surface area contributed by atoms with E-state index < -0.39 is 0 Å². The molecule has 5 heteroatoms. The fourth-order valence-corrected chi connectivity index (χ4v) is 1.11. The molecule has 0 saturated heterocycles. The van der Waals surface area contributed by atoms with E-state index in [0.717, 1.165) is 6.42 Å². The summed E-state index contributed by atoms with van der Waals surface area (Å²) < 4.78 is 5.05. The van der Waals surface area contributed by atoms with E-state index >= 15 is 0 Å². The molecule has 0 aromatic carbocycles. The fraction of sp³-hybridized carbons (Fsp3) is 0.500. The molecule has 1 aromatic rings. The monoisotopic (exact) mass is 212 g/mol. The summed E-state index contributed by atoms with van der Waals surface area (Å²) in [6, 6.07) is 3.50. The highest BCUT2D eigenvalue weighted by atomic mass is 16.5. The van der Waals surface area contributed by atoms with E-state index in [1.54, 1.807) is 18.3 Å². The minimum absolute atomic E-state index is 0.0365. The zero-order valence-corrected chi connectivity index (χ0v) is 8.53. The van der Waals surface area contributed by atoms with Crippen molar-refractivity contribution in [3.05, 3.63) is 24.0 Å². The van der Waals surface area contributed by atoms with Crippen molar-refractivity contribution in [2.45, 2.75) is 6.42 Å². The number of hydrogen-bond donors (Lipinski definition) is 3. The number of rotatable bonds is 7. The molecule has 84 valence electrons. The smallest absolute Gasteiger partial charge is 0.267 e. The summed E-state index contributed by atoms with van der Waals surface area (Å²) in [5, 5.41) is 11.2. The van der Waals surface area contributed by atoms with Gasteiger partial charge in [-0.25, -0.2) is 0 Å². The molecule has 0 aliphatic rings. The molecule has 5 nitrogen and oxygen atoms in total. The summed E-state index contributed by atoms with van der Waals surface area (Å²) in [7, 11) is 0. The molecule has 0 bridgehead atoms. The van der Waals surface area contributed by atoms with Gasteiger partial charge in [0.05, 0.1) is 13.2 Å². The zero-order valence-electron chi connectivity index (χ0n) is 8.53. The number of carbonyl (C=O) groups is 1. The van der Waals surface area contributed by atoms with Crippen LogP contribution in [0, 0.1) is 0 Å². The molecule has 0 fully saturated rings. The normalized spacial score (nSPS) is 10.2. The lowest BCUT2D eigenvalue weighted by Crippen LogP contribution is -2.25. The molecular weight excluding hydrogens is 196 g/mol. The number of ether oxygens (including phenoxy) is 1. The quantitative estimate of drug-likeness (QED) is 0.563. The van der Waals surface area contributed by atoms with E-state index in [1.165, 1.54) is 0 Å². The molecule has 1 amide bonds. The van der Waals surface area contributed by atoms with Gasteiger partial charge in [0, 0.05) is 19.3 Å². The first kappa shape index (κ1) is 11.7. The van der Waals surface area contributed by atoms with Crippen LogP contribution in [-0.2, 0) is 4.74 Å². The summed E-state index contributed by atoms with van der Waals surface area (Å²) in [6.07, 6.45) is 2.45. The van der Waals surface area contributed by atoms with Crippen molar-refractivity contribution in [3.8, 4) is 0 Å². The Morgan fingerprint density at radius 3 is 3.07 bits per heavy atom. The van der Waals surface area contributed by atoms with Crippen molar-refractivity contribution in [2.24, 2.45) is 0 Å². The second-order valence-electron chi connectivity index (χ2n) is 3.03. The minimum atomic E-state index is -0.109. The summed E-state index contributed by atoms with van der Waals surface area (Å²) in [6.45, 7) is 1.51. The lowest BCUT2D eigenvalue weighted by Gasteiger charge is -2.04. The molecule has 0 spiro atoms. The number of nitrogens with one attached hydrogen (secondary N) is 2. The number of aliphatic hydroxyl groups is 1. The molecular formula is C10H16N2O3. The van der Waals surface area contributed by atoms with E-state index in [9.17, 15) is 4.79 Å². The van der Waals surface area contributed by atoms with Crippen LogP contribution in [0.25, 0.3) is 0 Å². The second kappa shape index (κ2) is 7.03. The fourth-order valence-electron chi connectivity index (χ4n) is 1.11. The predicted molar refractivity (Wildman–Crippen MR) is 55.6 cm³/mol. The highest BCUT2D eigenvalue weighted by molar-refractivity contribution is 5.92. The lowest BCUT2D eigenvalue weighted by atomic mass is 10.4. The summed E-state index contributed by atoms with van der Waals surface area (Å²) in [5.74, 6) is -0.109. The number of aliphatic hydroxyl groups excluding tert-OH is 1. The van der Waals surface area contributed by atoms with E-state index in [-0.39, 0.29) is 12.5 Å². The van der Waals surface area contributed by atoms with Gasteiger partial charge >= 0.3 is 0 Å². The molecule has 0 unspecified atom stereocenters. The van der Waals surface area contributed by atoms with Gasteiger partial charge in [-0.2, -0.15) is 0 Å². The van der Waals surface area contributed by atoms with Crippen molar-refractivity contribution in [3.63, 3.8) is 0 Å². The van der Waals surface area contributed by atoms with Crippen molar-refractivity contribution < 1.29 is 14.6 Å². The first-order valence-electron chi connectivity index (χ1n) is 4.95. The Morgan fingerprint density at radius 1 is 1.53 bits per heavy atom. The van der Waals surface area contributed by atoms with Gasteiger partial charge in [0.25, 0.3) is 5.91 Å². The molecule has 0 radical (unpaired) electrons. The molecule has 1 rings (SSSR count). The van der Waals surface area contributed by atoms with Crippen LogP contribution in [0.1, 0.15) is 16.9 Å². The van der Waals surface area contributed by atoms with Crippen LogP contribution in [0.5, 0.6) is 0 Å². The maximum atomic E-state index is 11.4. The Morgan fingerprint density at radius 2 is 2.40 bits per heavy atom. The van der Waals surface area contributed by atoms with Crippen LogP contribution >= 0.6 is 0 Å². The molecule has 0 aliphatic carbocycles. The van der Waals surface area contributed by atoms with Gasteiger partial charge in [-0.05, 0) is 18.6 Å². The molecule has 3 N–H and O–H groups in total. The van der Waals surface area contributed by atoms with Crippen molar-refractivity contribution >= 4 is 5.91 Å². The molecule has 0 aliphatic heterocycles. The van der Waals surface area contributed by atoms with E-state index in [0.29, 0.717) is 25.5 Å². The number of H-pyrrole nitrogens is 1. The highest BCUT2D eigenvalue weighted by Gasteiger charge is 2.03. The Bertz CT molecular complexity index is 272. The van der Waals surface area contributed by atoms with Crippen molar-refractivity contribution in [1.82, 2.24) is 10.3 Å². The maximum Gasteiger partial charge on any atom is 0.267 e. The lowest BCUT2D eigenvalue weighted by molar-refractivity contribution is 0.0866. The summed E-state index contributed by atoms with van der Waals surface area (Å²) >= 11 is 0. The Balaban J connectivity index is 2.03. The van der Waals surface area contributed by atoms with Crippen LogP contribution in [0.15, 0.2) is 18.3 Å². The minimum Gasteiger partial charge on any atom is -0.394 e. The van der Waals surface area contributed by atoms with E-state index in [4.69, 9.17) is 9.84 Å². The third kappa shape index (κ3) is 4.62. The first-order valence-corrected chi connectivity index (χ1v) is 4.95. The second-order valence-corrected chi connectivity index (χ2v) is 3.03. The highest BCUT2D eigenvalue weighted by Crippen LogP contribution is 1.93. The Hall–Kier alpha value is -1.33. The molecule has 15 heavy (non-hydrogen) atoms. The van der Waals surface area contributed by atoms with Crippen molar-refractivity contribution in [2.75, 3.05) is 26.4 Å². The number of hydrogen-bond acceptors (Lipinski definition) is 3. The topological polar surface area (TPSA) is 74.3 Å². The summed E-state index contributed by atoms with van der Waals surface area (Å²) in [4.78, 5) is 14.2. The molecule has 1 aromatic heterocycles. The van der Waals surface area contributed by atoms with Crippen LogP contribution in [0.4, 0.5) is 0 Å². The van der Waals surface area contributed by atoms with E-state index in [1.807, 2.05) is 0 Å². The molecule has 0 atom stereocenters. The first-order chi connectivity index (χ1) is 7.34. The molecule has 1 heterocycles. The largest absolute Gasteiger partial charge is 0.394 e. The van der Waals surface area contributed by atoms with E-state index in [2.05, 4.69) is 10.3 Å². The van der Waals surface area contributed by atoms with Gasteiger partial charge in [-0.1, -0.05) is 0 Å². The standard InChI is InChI=1S/C10H16N2O3/c13-6-8-15-7-2-5-12-10(14)9-3-1-4-11-9/h1,3-4,11,13H,2,5-8H2,(H,12,14). The maximum absolute atomic E-state index is 11.4. The number of carbonyl (C=O) groups excluding carboxylic acids is 1. The van der Waals surface area contributed by atoms with Gasteiger partial charge in [-0.3, -0.25) is 4.79 Å². The average molecular weight is 212 g/mol. The zero-order chi connectivity index (χ0) is 10.9. The van der Waals surface area contributed by atoms with Gasteiger partial charge < -0.3 is 20.1 Å². The molecule has 0 saturated carbocycles. The third-order valence-electron chi connectivity index (χ3n) is 1.83. The SMILES string of the molecule is O=C(NCCCOCCO)c1ccc[nH]1. The van der Waals surface area contributed by atoms with Crippen LogP contribution in [0.2, 0.25) is 0 Å². The van der Waals surface area contributed by atoms with Crippen LogP contribution in [0.3, 0.4) is 0 Å². The average Bonchev–Trinajstić information content (AvgIpc) is 2.76. The van der Waals surface area contributed by atoms with Gasteiger partial charge in [0.15, 0.2) is 0 Å². The Kier molecular flexibility index (Phi) is 5.50. The number of amides is 1. The summed E-state index contributed by atoms with van der Waals surface area (Å²) in [5.41, 5.74) is 0.561. The van der Waals surface area contributed by atoms with Gasteiger partial charge in [0.1, 0.15) is 5.69 Å². The Labute approximate surface area is 88.4 Å². The number of aromatic amines is 1. The van der Waals surface area contributed by atoms with Gasteiger partial charge in [0.2, 0.25) is 0 Å². The number of aromatic nitrogens is 1. The van der Waals surface area contributed by atoms with Crippen molar-refractivity contribution in [1.29, 1.82) is 0 Å². The van der Waals surface area contributed by atoms with Crippen LogP contribution in [-0.4, -0.2) is 42.4 Å². The third-order valence-corrected chi connectivity index (χ3v) is 1.83. The van der Waals surface area contributed by atoms with Gasteiger partial charge in [-0.15, -0.1) is 0 Å².